The van der Waals surface area contributed by atoms with Gasteiger partial charge >= 0.3 is 0 Å². The summed E-state index contributed by atoms with van der Waals surface area (Å²) in [6.07, 6.45) is 3.65. The van der Waals surface area contributed by atoms with Crippen LogP contribution in [0.25, 0.3) is 22.9 Å². The molecule has 1 saturated heterocycles. The van der Waals surface area contributed by atoms with Crippen molar-refractivity contribution in [2.24, 2.45) is 0 Å². The van der Waals surface area contributed by atoms with Crippen LogP contribution in [0.5, 0.6) is 5.75 Å². The standard InChI is InChI=1S/C25H35N7O2/c1-17(2)32-24(26-16-27-32)21-15-30-12-13-34-22-7-6-19(14-20(22)23(30)28-21)18(3)29-8-10-31(11-9-29)25(4,5)33/h6-7,14-18,33H,8-13H2,1-5H3/t18-/m0/s1. The molecule has 1 atom stereocenters. The Balaban J connectivity index is 1.44. The first-order chi connectivity index (χ1) is 16.2. The van der Waals surface area contributed by atoms with Gasteiger partial charge in [0.1, 0.15) is 35.9 Å². The van der Waals surface area contributed by atoms with E-state index in [0.29, 0.717) is 6.61 Å². The van der Waals surface area contributed by atoms with Crippen molar-refractivity contribution in [2.45, 2.75) is 59.0 Å². The van der Waals surface area contributed by atoms with E-state index in [2.05, 4.69) is 69.6 Å². The van der Waals surface area contributed by atoms with Gasteiger partial charge in [0.05, 0.1) is 12.1 Å². The van der Waals surface area contributed by atoms with Crippen molar-refractivity contribution in [3.8, 4) is 28.7 Å². The number of benzene rings is 1. The van der Waals surface area contributed by atoms with Crippen molar-refractivity contribution in [1.29, 1.82) is 0 Å². The predicted molar refractivity (Wildman–Crippen MR) is 130 cm³/mol. The van der Waals surface area contributed by atoms with Gasteiger partial charge in [0.25, 0.3) is 0 Å². The highest BCUT2D eigenvalue weighted by atomic mass is 16.5. The SMILES string of the molecule is CC(C)n1ncnc1-c1cn2c(n1)-c1cc([C@H](C)N3CCN(C(C)(C)O)CC3)ccc1OCC2. The van der Waals surface area contributed by atoms with Crippen LogP contribution in [0.2, 0.25) is 0 Å². The molecule has 1 aromatic carbocycles. The minimum atomic E-state index is -0.772. The van der Waals surface area contributed by atoms with Crippen LogP contribution in [-0.4, -0.2) is 77.7 Å². The van der Waals surface area contributed by atoms with Gasteiger partial charge in [-0.05, 0) is 52.3 Å². The number of nitrogens with zero attached hydrogens (tertiary/aromatic N) is 7. The number of aliphatic hydroxyl groups is 1. The van der Waals surface area contributed by atoms with Gasteiger partial charge in [-0.15, -0.1) is 0 Å². The number of imidazole rings is 1. The molecule has 3 aromatic rings. The van der Waals surface area contributed by atoms with Gasteiger partial charge in [0.2, 0.25) is 0 Å². The van der Waals surface area contributed by atoms with E-state index in [9.17, 15) is 5.11 Å². The fourth-order valence-corrected chi connectivity index (χ4v) is 4.95. The smallest absolute Gasteiger partial charge is 0.178 e. The van der Waals surface area contributed by atoms with Gasteiger partial charge in [0.15, 0.2) is 5.82 Å². The lowest BCUT2D eigenvalue weighted by molar-refractivity contribution is -0.0995. The third kappa shape index (κ3) is 4.23. The number of hydrogen-bond donors (Lipinski definition) is 1. The summed E-state index contributed by atoms with van der Waals surface area (Å²) in [5.74, 6) is 2.55. The maximum atomic E-state index is 10.3. The molecule has 1 N–H and O–H groups in total. The second kappa shape index (κ2) is 8.79. The average molecular weight is 466 g/mol. The van der Waals surface area contributed by atoms with Crippen LogP contribution in [0.1, 0.15) is 52.3 Å². The Morgan fingerprint density at radius 1 is 1.03 bits per heavy atom. The fraction of sp³-hybridized carbons (Fsp3) is 0.560. The van der Waals surface area contributed by atoms with Crippen molar-refractivity contribution >= 4 is 0 Å². The highest BCUT2D eigenvalue weighted by Crippen LogP contribution is 2.37. The maximum absolute atomic E-state index is 10.3. The Labute approximate surface area is 201 Å². The maximum Gasteiger partial charge on any atom is 0.178 e. The van der Waals surface area contributed by atoms with Gasteiger partial charge in [0, 0.05) is 44.5 Å². The Hall–Kier alpha value is -2.75. The third-order valence-electron chi connectivity index (χ3n) is 7.02. The Morgan fingerprint density at radius 3 is 2.50 bits per heavy atom. The van der Waals surface area contributed by atoms with Crippen LogP contribution in [0.15, 0.2) is 30.7 Å². The molecule has 2 aromatic heterocycles. The molecule has 1 fully saturated rings. The van der Waals surface area contributed by atoms with Crippen LogP contribution >= 0.6 is 0 Å². The molecule has 0 bridgehead atoms. The van der Waals surface area contributed by atoms with Gasteiger partial charge < -0.3 is 14.4 Å². The van der Waals surface area contributed by atoms with Crippen LogP contribution in [0.4, 0.5) is 0 Å². The number of fused-ring (bicyclic) bond motifs is 3. The van der Waals surface area contributed by atoms with Gasteiger partial charge in [-0.3, -0.25) is 9.80 Å². The van der Waals surface area contributed by atoms with Crippen molar-refractivity contribution in [3.05, 3.63) is 36.3 Å². The lowest BCUT2D eigenvalue weighted by atomic mass is 10.0. The monoisotopic (exact) mass is 465 g/mol. The first kappa shape index (κ1) is 23.0. The topological polar surface area (TPSA) is 84.5 Å². The van der Waals surface area contributed by atoms with Crippen LogP contribution < -0.4 is 4.74 Å². The van der Waals surface area contributed by atoms with Crippen molar-refractivity contribution in [1.82, 2.24) is 34.1 Å². The summed E-state index contributed by atoms with van der Waals surface area (Å²) in [6.45, 7) is 15.0. The van der Waals surface area contributed by atoms with Gasteiger partial charge in [-0.2, -0.15) is 5.10 Å². The normalized spacial score (nSPS) is 18.3. The van der Waals surface area contributed by atoms with E-state index in [1.54, 1.807) is 6.33 Å². The van der Waals surface area contributed by atoms with Gasteiger partial charge in [-0.25, -0.2) is 14.6 Å². The quantitative estimate of drug-likeness (QED) is 0.619. The molecular formula is C25H35N7O2. The number of piperazine rings is 1. The zero-order valence-electron chi connectivity index (χ0n) is 20.8. The molecule has 5 rings (SSSR count). The molecular weight excluding hydrogens is 430 g/mol. The highest BCUT2D eigenvalue weighted by molar-refractivity contribution is 5.69. The summed E-state index contributed by atoms with van der Waals surface area (Å²) >= 11 is 0. The predicted octanol–water partition coefficient (Wildman–Crippen LogP) is 3.19. The van der Waals surface area contributed by atoms with Crippen molar-refractivity contribution in [2.75, 3.05) is 32.8 Å². The third-order valence-corrected chi connectivity index (χ3v) is 7.02. The van der Waals surface area contributed by atoms with E-state index in [1.807, 2.05) is 18.5 Å². The van der Waals surface area contributed by atoms with E-state index in [0.717, 1.165) is 61.4 Å². The highest BCUT2D eigenvalue weighted by Gasteiger charge is 2.30. The minimum absolute atomic E-state index is 0.207. The second-order valence-corrected chi connectivity index (χ2v) is 10.1. The first-order valence-corrected chi connectivity index (χ1v) is 12.2. The average Bonchev–Trinajstić information content (AvgIpc) is 3.42. The number of rotatable bonds is 5. The van der Waals surface area contributed by atoms with E-state index in [4.69, 9.17) is 9.72 Å². The molecule has 0 amide bonds. The molecule has 2 aliphatic heterocycles. The van der Waals surface area contributed by atoms with E-state index in [-0.39, 0.29) is 12.1 Å². The lowest BCUT2D eigenvalue weighted by Crippen LogP contribution is -2.54. The first-order valence-electron chi connectivity index (χ1n) is 12.2. The molecule has 0 spiro atoms. The molecule has 0 saturated carbocycles. The summed E-state index contributed by atoms with van der Waals surface area (Å²) < 4.78 is 10.1. The summed E-state index contributed by atoms with van der Waals surface area (Å²) in [5.41, 5.74) is 2.31. The summed E-state index contributed by atoms with van der Waals surface area (Å²) in [5, 5.41) is 14.7. The van der Waals surface area contributed by atoms with Crippen LogP contribution in [-0.2, 0) is 6.54 Å². The molecule has 0 radical (unpaired) electrons. The fourth-order valence-electron chi connectivity index (χ4n) is 4.95. The molecule has 182 valence electrons. The molecule has 0 unspecified atom stereocenters. The largest absolute Gasteiger partial charge is 0.491 e. The van der Waals surface area contributed by atoms with Crippen LogP contribution in [0, 0.1) is 0 Å². The van der Waals surface area contributed by atoms with E-state index < -0.39 is 5.72 Å². The summed E-state index contributed by atoms with van der Waals surface area (Å²) in [4.78, 5) is 14.1. The van der Waals surface area contributed by atoms with Gasteiger partial charge in [-0.1, -0.05) is 6.07 Å². The minimum Gasteiger partial charge on any atom is -0.491 e. The zero-order valence-corrected chi connectivity index (χ0v) is 20.8. The Kier molecular flexibility index (Phi) is 5.95. The molecule has 34 heavy (non-hydrogen) atoms. The molecule has 9 nitrogen and oxygen atoms in total. The number of ether oxygens (including phenoxy) is 1. The number of hydrogen-bond acceptors (Lipinski definition) is 7. The van der Waals surface area contributed by atoms with E-state index in [1.165, 1.54) is 5.56 Å². The Bertz CT molecular complexity index is 1150. The van der Waals surface area contributed by atoms with Crippen LogP contribution in [0.3, 0.4) is 0 Å². The Morgan fingerprint density at radius 2 is 1.79 bits per heavy atom. The molecule has 0 aliphatic carbocycles. The molecule has 9 heteroatoms. The molecule has 2 aliphatic rings. The van der Waals surface area contributed by atoms with Crippen molar-refractivity contribution in [3.63, 3.8) is 0 Å². The molecule has 4 heterocycles. The summed E-state index contributed by atoms with van der Waals surface area (Å²) in [6, 6.07) is 6.93. The second-order valence-electron chi connectivity index (χ2n) is 10.1. The summed E-state index contributed by atoms with van der Waals surface area (Å²) in [7, 11) is 0. The zero-order chi connectivity index (χ0) is 24.0. The lowest BCUT2D eigenvalue weighted by Gasteiger charge is -2.43. The van der Waals surface area contributed by atoms with E-state index >= 15 is 0 Å². The number of aromatic nitrogens is 5. The van der Waals surface area contributed by atoms with Crippen molar-refractivity contribution < 1.29 is 9.84 Å².